The highest BCUT2D eigenvalue weighted by atomic mass is 19.1. The van der Waals surface area contributed by atoms with Crippen LogP contribution in [0.3, 0.4) is 0 Å². The van der Waals surface area contributed by atoms with E-state index in [2.05, 4.69) is 16.8 Å². The van der Waals surface area contributed by atoms with Gasteiger partial charge in [-0.05, 0) is 7.05 Å². The molecule has 0 radical (unpaired) electrons. The fourth-order valence-electron chi connectivity index (χ4n) is 2.48. The SMILES string of the molecule is CN1CC2(C1)CN(CCF)C2. The Bertz CT molecular complexity index is 146. The predicted molar refractivity (Wildman–Crippen MR) is 42.3 cm³/mol. The Morgan fingerprint density at radius 2 is 1.91 bits per heavy atom. The number of likely N-dealkylation sites (tertiary alicyclic amines) is 2. The third-order valence-corrected chi connectivity index (χ3v) is 2.73. The number of hydrogen-bond acceptors (Lipinski definition) is 2. The van der Waals surface area contributed by atoms with Gasteiger partial charge in [-0.2, -0.15) is 0 Å². The standard InChI is InChI=1S/C8H15FN2/c1-10-4-8(5-10)6-11(7-8)3-2-9/h2-7H2,1H3. The van der Waals surface area contributed by atoms with Crippen molar-refractivity contribution in [1.82, 2.24) is 9.80 Å². The van der Waals surface area contributed by atoms with Crippen LogP contribution in [0.4, 0.5) is 4.39 Å². The van der Waals surface area contributed by atoms with Crippen LogP contribution in [0, 0.1) is 5.41 Å². The second-order valence-electron chi connectivity index (χ2n) is 4.07. The lowest BCUT2D eigenvalue weighted by molar-refractivity contribution is -0.105. The summed E-state index contributed by atoms with van der Waals surface area (Å²) in [5, 5.41) is 0. The van der Waals surface area contributed by atoms with Gasteiger partial charge in [-0.15, -0.1) is 0 Å². The normalized spacial score (nSPS) is 30.0. The number of halogens is 1. The summed E-state index contributed by atoms with van der Waals surface area (Å²) in [5.41, 5.74) is 0.573. The van der Waals surface area contributed by atoms with E-state index in [0.717, 1.165) is 13.1 Å². The lowest BCUT2D eigenvalue weighted by Gasteiger charge is -2.59. The quantitative estimate of drug-likeness (QED) is 0.566. The zero-order valence-electron chi connectivity index (χ0n) is 7.02. The maximum absolute atomic E-state index is 11.9. The Morgan fingerprint density at radius 1 is 1.27 bits per heavy atom. The number of alkyl halides is 1. The molecule has 0 amide bonds. The molecule has 0 atom stereocenters. The molecule has 0 unspecified atom stereocenters. The zero-order valence-corrected chi connectivity index (χ0v) is 7.02. The van der Waals surface area contributed by atoms with Crippen LogP contribution < -0.4 is 0 Å². The van der Waals surface area contributed by atoms with Crippen molar-refractivity contribution in [2.75, 3.05) is 46.4 Å². The van der Waals surface area contributed by atoms with Gasteiger partial charge in [0.05, 0.1) is 0 Å². The minimum atomic E-state index is -0.189. The summed E-state index contributed by atoms with van der Waals surface area (Å²) in [6.45, 7) is 5.14. The Hall–Kier alpha value is -0.150. The molecule has 2 nitrogen and oxygen atoms in total. The van der Waals surface area contributed by atoms with E-state index in [-0.39, 0.29) is 6.67 Å². The molecule has 1 spiro atoms. The van der Waals surface area contributed by atoms with E-state index in [1.165, 1.54) is 13.1 Å². The average molecular weight is 158 g/mol. The molecule has 0 aromatic rings. The molecule has 0 aromatic carbocycles. The second kappa shape index (κ2) is 2.42. The predicted octanol–water partition coefficient (Wildman–Crippen LogP) is 0.203. The van der Waals surface area contributed by atoms with Gasteiger partial charge >= 0.3 is 0 Å². The molecule has 64 valence electrons. The minimum Gasteiger partial charge on any atom is -0.305 e. The van der Waals surface area contributed by atoms with Crippen LogP contribution in [0.15, 0.2) is 0 Å². The largest absolute Gasteiger partial charge is 0.305 e. The monoisotopic (exact) mass is 158 g/mol. The van der Waals surface area contributed by atoms with Gasteiger partial charge in [0, 0.05) is 38.1 Å². The molecule has 0 bridgehead atoms. The van der Waals surface area contributed by atoms with Gasteiger partial charge in [0.15, 0.2) is 0 Å². The van der Waals surface area contributed by atoms with E-state index in [4.69, 9.17) is 0 Å². The van der Waals surface area contributed by atoms with Crippen molar-refractivity contribution in [2.24, 2.45) is 5.41 Å². The van der Waals surface area contributed by atoms with Gasteiger partial charge in [-0.1, -0.05) is 0 Å². The fourth-order valence-corrected chi connectivity index (χ4v) is 2.48. The number of rotatable bonds is 2. The molecule has 0 aromatic heterocycles. The Kier molecular flexibility index (Phi) is 1.65. The van der Waals surface area contributed by atoms with Crippen LogP contribution in [0.5, 0.6) is 0 Å². The average Bonchev–Trinajstić information content (AvgIpc) is 1.80. The second-order valence-corrected chi connectivity index (χ2v) is 4.07. The first kappa shape index (κ1) is 7.50. The van der Waals surface area contributed by atoms with E-state index in [0.29, 0.717) is 12.0 Å². The minimum absolute atomic E-state index is 0.189. The van der Waals surface area contributed by atoms with E-state index < -0.39 is 0 Å². The highest BCUT2D eigenvalue weighted by molar-refractivity contribution is 5.04. The summed E-state index contributed by atoms with van der Waals surface area (Å²) in [7, 11) is 2.14. The Balaban J connectivity index is 1.72. The van der Waals surface area contributed by atoms with Crippen molar-refractivity contribution in [1.29, 1.82) is 0 Å². The topological polar surface area (TPSA) is 6.48 Å². The molecule has 2 fully saturated rings. The van der Waals surface area contributed by atoms with Crippen LogP contribution >= 0.6 is 0 Å². The molecule has 3 heteroatoms. The molecular formula is C8H15FN2. The van der Waals surface area contributed by atoms with Crippen LogP contribution in [0.2, 0.25) is 0 Å². The molecule has 2 saturated heterocycles. The Labute approximate surface area is 67.0 Å². The molecule has 2 aliphatic rings. The van der Waals surface area contributed by atoms with Crippen LogP contribution in [0.25, 0.3) is 0 Å². The lowest BCUT2D eigenvalue weighted by Crippen LogP contribution is -2.71. The van der Waals surface area contributed by atoms with Gasteiger partial charge in [-0.3, -0.25) is 4.90 Å². The van der Waals surface area contributed by atoms with E-state index >= 15 is 0 Å². The first-order valence-corrected chi connectivity index (χ1v) is 4.21. The maximum atomic E-state index is 11.9. The highest BCUT2D eigenvalue weighted by Gasteiger charge is 2.49. The molecule has 0 N–H and O–H groups in total. The summed E-state index contributed by atoms with van der Waals surface area (Å²) >= 11 is 0. The fraction of sp³-hybridized carbons (Fsp3) is 1.00. The third-order valence-electron chi connectivity index (χ3n) is 2.73. The summed E-state index contributed by atoms with van der Waals surface area (Å²) in [6, 6.07) is 0. The highest BCUT2D eigenvalue weighted by Crippen LogP contribution is 2.38. The first-order chi connectivity index (χ1) is 5.24. The van der Waals surface area contributed by atoms with Crippen molar-refractivity contribution in [3.05, 3.63) is 0 Å². The molecule has 0 aliphatic carbocycles. The summed E-state index contributed by atoms with van der Waals surface area (Å²) < 4.78 is 11.9. The number of hydrogen-bond donors (Lipinski definition) is 0. The van der Waals surface area contributed by atoms with Crippen molar-refractivity contribution in [3.63, 3.8) is 0 Å². The van der Waals surface area contributed by atoms with Gasteiger partial charge < -0.3 is 4.90 Å². The van der Waals surface area contributed by atoms with Gasteiger partial charge in [0.25, 0.3) is 0 Å². The molecule has 2 heterocycles. The summed E-state index contributed by atoms with van der Waals surface area (Å²) in [6.07, 6.45) is 0. The van der Waals surface area contributed by atoms with Crippen LogP contribution in [-0.4, -0.2) is 56.2 Å². The van der Waals surface area contributed by atoms with E-state index in [1.54, 1.807) is 0 Å². The van der Waals surface area contributed by atoms with Crippen molar-refractivity contribution >= 4 is 0 Å². The molecule has 0 saturated carbocycles. The zero-order chi connectivity index (χ0) is 7.90. The van der Waals surface area contributed by atoms with E-state index in [1.807, 2.05) is 0 Å². The smallest absolute Gasteiger partial charge is 0.102 e. The van der Waals surface area contributed by atoms with Crippen LogP contribution in [-0.2, 0) is 0 Å². The van der Waals surface area contributed by atoms with Crippen molar-refractivity contribution in [3.8, 4) is 0 Å². The van der Waals surface area contributed by atoms with Crippen molar-refractivity contribution < 1.29 is 4.39 Å². The Morgan fingerprint density at radius 3 is 2.36 bits per heavy atom. The number of nitrogens with zero attached hydrogens (tertiary/aromatic N) is 2. The van der Waals surface area contributed by atoms with Gasteiger partial charge in [0.2, 0.25) is 0 Å². The molecule has 11 heavy (non-hydrogen) atoms. The van der Waals surface area contributed by atoms with Crippen LogP contribution in [0.1, 0.15) is 0 Å². The summed E-state index contributed by atoms with van der Waals surface area (Å²) in [4.78, 5) is 4.53. The van der Waals surface area contributed by atoms with Crippen molar-refractivity contribution in [2.45, 2.75) is 0 Å². The maximum Gasteiger partial charge on any atom is 0.102 e. The molecular weight excluding hydrogens is 143 g/mol. The lowest BCUT2D eigenvalue weighted by atomic mass is 9.73. The summed E-state index contributed by atoms with van der Waals surface area (Å²) in [5.74, 6) is 0. The molecule has 2 aliphatic heterocycles. The van der Waals surface area contributed by atoms with E-state index in [9.17, 15) is 4.39 Å². The third kappa shape index (κ3) is 1.16. The van der Waals surface area contributed by atoms with Gasteiger partial charge in [-0.25, -0.2) is 4.39 Å². The first-order valence-electron chi connectivity index (χ1n) is 4.21. The van der Waals surface area contributed by atoms with Gasteiger partial charge in [0.1, 0.15) is 6.67 Å². The molecule has 2 rings (SSSR count).